The first-order valence-corrected chi connectivity index (χ1v) is 9.91. The highest BCUT2D eigenvalue weighted by molar-refractivity contribution is 9.10. The molecule has 0 aliphatic heterocycles. The predicted molar refractivity (Wildman–Crippen MR) is 112 cm³/mol. The number of furan rings is 1. The average Bonchev–Trinajstić information content (AvgIpc) is 3.01. The molecule has 0 amide bonds. The van der Waals surface area contributed by atoms with E-state index >= 15 is 0 Å². The number of hydrogen-bond donors (Lipinski definition) is 0. The van der Waals surface area contributed by atoms with E-state index < -0.39 is 5.97 Å². The Labute approximate surface area is 174 Å². The smallest absolute Gasteiger partial charge is 0.337 e. The van der Waals surface area contributed by atoms with E-state index in [2.05, 4.69) is 33.1 Å². The van der Waals surface area contributed by atoms with E-state index in [0.29, 0.717) is 22.0 Å². The van der Waals surface area contributed by atoms with E-state index in [4.69, 9.17) is 20.8 Å². The van der Waals surface area contributed by atoms with Crippen molar-refractivity contribution >= 4 is 57.2 Å². The molecule has 3 aromatic rings. The van der Waals surface area contributed by atoms with Crippen molar-refractivity contribution < 1.29 is 13.9 Å². The van der Waals surface area contributed by atoms with Crippen LogP contribution < -0.4 is 0 Å². The van der Waals surface area contributed by atoms with Crippen LogP contribution in [0.2, 0.25) is 5.02 Å². The number of nitrogens with zero attached hydrogens (tertiary/aromatic N) is 1. The van der Waals surface area contributed by atoms with E-state index in [1.54, 1.807) is 24.4 Å². The van der Waals surface area contributed by atoms with Gasteiger partial charge in [0.1, 0.15) is 5.76 Å². The third-order valence-corrected chi connectivity index (χ3v) is 5.77. The number of carbonyl (C=O) groups excluding carboxylic acids is 1. The number of esters is 1. The number of hydrogen-bond acceptors (Lipinski definition) is 5. The SMILES string of the molecule is COC(=O)c1ccc(Cl)c(N=Cc2cc(Br)c(Sc3ccc(C)cc3)o2)c1. The van der Waals surface area contributed by atoms with Crippen LogP contribution in [0, 0.1) is 6.92 Å². The van der Waals surface area contributed by atoms with Gasteiger partial charge in [-0.25, -0.2) is 4.79 Å². The van der Waals surface area contributed by atoms with Crippen LogP contribution in [0.1, 0.15) is 21.7 Å². The van der Waals surface area contributed by atoms with Gasteiger partial charge in [0.25, 0.3) is 0 Å². The molecule has 0 saturated carbocycles. The zero-order chi connectivity index (χ0) is 19.4. The van der Waals surface area contributed by atoms with Crippen LogP contribution in [0.3, 0.4) is 0 Å². The molecule has 7 heteroatoms. The first kappa shape index (κ1) is 19.7. The second-order valence-corrected chi connectivity index (χ2v) is 7.92. The van der Waals surface area contributed by atoms with Crippen molar-refractivity contribution in [3.05, 3.63) is 74.9 Å². The van der Waals surface area contributed by atoms with Gasteiger partial charge in [-0.15, -0.1) is 0 Å². The third-order valence-electron chi connectivity index (χ3n) is 3.60. The molecule has 27 heavy (non-hydrogen) atoms. The third kappa shape index (κ3) is 5.03. The number of ether oxygens (including phenoxy) is 1. The van der Waals surface area contributed by atoms with Crippen molar-refractivity contribution in [1.82, 2.24) is 0 Å². The molecule has 0 bridgehead atoms. The fraction of sp³-hybridized carbons (Fsp3) is 0.100. The Morgan fingerprint density at radius 1 is 1.22 bits per heavy atom. The molecule has 0 atom stereocenters. The summed E-state index contributed by atoms with van der Waals surface area (Å²) in [5.74, 6) is 0.122. The number of aryl methyl sites for hydroxylation is 1. The van der Waals surface area contributed by atoms with E-state index in [0.717, 1.165) is 14.5 Å². The van der Waals surface area contributed by atoms with Crippen LogP contribution in [0.5, 0.6) is 0 Å². The Bertz CT molecular complexity index is 999. The van der Waals surface area contributed by atoms with Gasteiger partial charge in [-0.1, -0.05) is 41.1 Å². The Morgan fingerprint density at radius 3 is 2.67 bits per heavy atom. The lowest BCUT2D eigenvalue weighted by molar-refractivity contribution is 0.0601. The maximum atomic E-state index is 11.6. The molecule has 0 aliphatic carbocycles. The first-order valence-electron chi connectivity index (χ1n) is 7.92. The van der Waals surface area contributed by atoms with Gasteiger partial charge in [0.05, 0.1) is 34.1 Å². The van der Waals surface area contributed by atoms with Gasteiger partial charge in [-0.3, -0.25) is 4.99 Å². The lowest BCUT2D eigenvalue weighted by Crippen LogP contribution is -2.00. The Hall–Kier alpha value is -2.02. The molecule has 0 aliphatic rings. The molecule has 3 rings (SSSR count). The monoisotopic (exact) mass is 463 g/mol. The van der Waals surface area contributed by atoms with Gasteiger partial charge < -0.3 is 9.15 Å². The van der Waals surface area contributed by atoms with Crippen molar-refractivity contribution in [2.75, 3.05) is 7.11 Å². The first-order chi connectivity index (χ1) is 13.0. The molecular weight excluding hydrogens is 450 g/mol. The quantitative estimate of drug-likeness (QED) is 0.312. The van der Waals surface area contributed by atoms with E-state index in [-0.39, 0.29) is 0 Å². The van der Waals surface area contributed by atoms with Gasteiger partial charge in [0, 0.05) is 11.0 Å². The summed E-state index contributed by atoms with van der Waals surface area (Å²) in [5, 5.41) is 1.16. The second-order valence-electron chi connectivity index (χ2n) is 5.62. The van der Waals surface area contributed by atoms with Crippen molar-refractivity contribution in [1.29, 1.82) is 0 Å². The van der Waals surface area contributed by atoms with Crippen LogP contribution in [-0.2, 0) is 4.74 Å². The average molecular weight is 465 g/mol. The topological polar surface area (TPSA) is 51.8 Å². The molecule has 0 N–H and O–H groups in total. The van der Waals surface area contributed by atoms with Crippen LogP contribution in [-0.4, -0.2) is 19.3 Å². The summed E-state index contributed by atoms with van der Waals surface area (Å²) in [4.78, 5) is 17.1. The maximum Gasteiger partial charge on any atom is 0.337 e. The highest BCUT2D eigenvalue weighted by atomic mass is 79.9. The summed E-state index contributed by atoms with van der Waals surface area (Å²) < 4.78 is 11.4. The molecule has 1 aromatic heterocycles. The number of methoxy groups -OCH3 is 1. The minimum absolute atomic E-state index is 0.380. The van der Waals surface area contributed by atoms with Crippen LogP contribution in [0.4, 0.5) is 5.69 Å². The molecule has 0 saturated heterocycles. The highest BCUT2D eigenvalue weighted by Crippen LogP contribution is 2.36. The maximum absolute atomic E-state index is 11.6. The minimum Gasteiger partial charge on any atom is -0.465 e. The Morgan fingerprint density at radius 2 is 1.96 bits per heavy atom. The van der Waals surface area contributed by atoms with Crippen molar-refractivity contribution in [3.63, 3.8) is 0 Å². The molecule has 0 unspecified atom stereocenters. The zero-order valence-electron chi connectivity index (χ0n) is 14.5. The lowest BCUT2D eigenvalue weighted by atomic mass is 10.2. The summed E-state index contributed by atoms with van der Waals surface area (Å²) in [6, 6.07) is 14.8. The molecule has 1 heterocycles. The van der Waals surface area contributed by atoms with Gasteiger partial charge in [-0.2, -0.15) is 0 Å². The molecule has 0 radical (unpaired) electrons. The fourth-order valence-electron chi connectivity index (χ4n) is 2.21. The van der Waals surface area contributed by atoms with Gasteiger partial charge in [0.15, 0.2) is 5.09 Å². The number of benzene rings is 2. The molecule has 4 nitrogen and oxygen atoms in total. The lowest BCUT2D eigenvalue weighted by Gasteiger charge is -2.02. The molecule has 0 fully saturated rings. The van der Waals surface area contributed by atoms with Gasteiger partial charge in [0.2, 0.25) is 0 Å². The minimum atomic E-state index is -0.444. The summed E-state index contributed by atoms with van der Waals surface area (Å²) in [6.45, 7) is 2.05. The summed E-state index contributed by atoms with van der Waals surface area (Å²) >= 11 is 11.2. The standard InChI is InChI=1S/C20H15BrClNO3S/c1-12-3-6-15(7-4-12)27-20-16(21)10-14(26-20)11-23-18-9-13(19(24)25-2)5-8-17(18)22/h3-11H,1-2H3. The van der Waals surface area contributed by atoms with Crippen molar-refractivity contribution in [2.24, 2.45) is 4.99 Å². The number of halogens is 2. The Balaban J connectivity index is 1.80. The Kier molecular flexibility index (Phi) is 6.42. The van der Waals surface area contributed by atoms with E-state index in [9.17, 15) is 4.79 Å². The second kappa shape index (κ2) is 8.78. The van der Waals surface area contributed by atoms with Crippen molar-refractivity contribution in [3.8, 4) is 0 Å². The fourth-order valence-corrected chi connectivity index (χ4v) is 3.70. The summed E-state index contributed by atoms with van der Waals surface area (Å²) in [6.07, 6.45) is 1.56. The normalized spacial score (nSPS) is 11.1. The van der Waals surface area contributed by atoms with E-state index in [1.165, 1.54) is 24.4 Å². The van der Waals surface area contributed by atoms with Crippen LogP contribution in [0.25, 0.3) is 0 Å². The molecule has 0 spiro atoms. The van der Waals surface area contributed by atoms with Crippen molar-refractivity contribution in [2.45, 2.75) is 16.9 Å². The highest BCUT2D eigenvalue weighted by Gasteiger charge is 2.11. The summed E-state index contributed by atoms with van der Waals surface area (Å²) in [7, 11) is 1.33. The summed E-state index contributed by atoms with van der Waals surface area (Å²) in [5.41, 5.74) is 2.04. The largest absolute Gasteiger partial charge is 0.465 e. The zero-order valence-corrected chi connectivity index (χ0v) is 17.7. The van der Waals surface area contributed by atoms with Gasteiger partial charge >= 0.3 is 5.97 Å². The number of aliphatic imine (C=N–C) groups is 1. The molecular formula is C20H15BrClNO3S. The molecule has 2 aromatic carbocycles. The van der Waals surface area contributed by atoms with Crippen LogP contribution in [0.15, 0.2) is 72.4 Å². The van der Waals surface area contributed by atoms with Crippen LogP contribution >= 0.6 is 39.3 Å². The molecule has 138 valence electrons. The predicted octanol–water partition coefficient (Wildman–Crippen LogP) is 6.69. The number of carbonyl (C=O) groups is 1. The number of rotatable bonds is 5. The van der Waals surface area contributed by atoms with E-state index in [1.807, 2.05) is 25.1 Å². The van der Waals surface area contributed by atoms with Gasteiger partial charge in [-0.05, 0) is 53.2 Å².